The summed E-state index contributed by atoms with van der Waals surface area (Å²) in [5, 5.41) is 14.6. The number of carbonyl (C=O) groups excluding carboxylic acids is 2. The van der Waals surface area contributed by atoms with Crippen LogP contribution in [-0.2, 0) is 22.6 Å². The van der Waals surface area contributed by atoms with Gasteiger partial charge in [-0.2, -0.15) is 0 Å². The van der Waals surface area contributed by atoms with Gasteiger partial charge in [0.05, 0.1) is 24.4 Å². The number of thiazole rings is 1. The third-order valence-electron chi connectivity index (χ3n) is 3.33. The largest absolute Gasteiger partial charge is 0.424 e. The average molecular weight is 421 g/mol. The molecule has 2 heterocycles. The van der Waals surface area contributed by atoms with E-state index in [2.05, 4.69) is 25.8 Å². The summed E-state index contributed by atoms with van der Waals surface area (Å²) < 4.78 is 18.7. The molecule has 0 spiro atoms. The van der Waals surface area contributed by atoms with Crippen molar-refractivity contribution in [1.82, 2.24) is 20.5 Å². The summed E-state index contributed by atoms with van der Waals surface area (Å²) in [4.78, 5) is 28.2. The lowest BCUT2D eigenvalue weighted by molar-refractivity contribution is -0.120. The van der Waals surface area contributed by atoms with E-state index >= 15 is 0 Å². The number of halogens is 1. The van der Waals surface area contributed by atoms with E-state index in [0.29, 0.717) is 27.5 Å². The molecule has 0 bridgehead atoms. The first kappa shape index (κ1) is 20.0. The molecule has 3 aromatic rings. The number of aryl methyl sites for hydroxylation is 1. The van der Waals surface area contributed by atoms with Crippen LogP contribution in [0.5, 0.6) is 0 Å². The minimum absolute atomic E-state index is 0.117. The molecule has 0 aliphatic heterocycles. The number of amides is 2. The number of carbonyl (C=O) groups is 2. The molecule has 0 saturated carbocycles. The number of nitrogens with zero attached hydrogens (tertiary/aromatic N) is 3. The molecule has 3 rings (SSSR count). The number of thioether (sulfide) groups is 1. The van der Waals surface area contributed by atoms with Gasteiger partial charge in [0.2, 0.25) is 23.6 Å². The molecule has 8 nitrogen and oxygen atoms in total. The topological polar surface area (TPSA) is 110 Å². The molecule has 0 aliphatic carbocycles. The van der Waals surface area contributed by atoms with Crippen LogP contribution in [0.25, 0.3) is 0 Å². The zero-order valence-electron chi connectivity index (χ0n) is 14.8. The van der Waals surface area contributed by atoms with Gasteiger partial charge in [-0.3, -0.25) is 9.59 Å². The molecule has 11 heteroatoms. The Hall–Kier alpha value is -2.79. The van der Waals surface area contributed by atoms with Gasteiger partial charge in [-0.25, -0.2) is 9.37 Å². The highest BCUT2D eigenvalue weighted by Crippen LogP contribution is 2.23. The Morgan fingerprint density at radius 3 is 2.71 bits per heavy atom. The molecular formula is C17H16FN5O3S2. The normalized spacial score (nSPS) is 10.6. The second kappa shape index (κ2) is 9.42. The van der Waals surface area contributed by atoms with Crippen molar-refractivity contribution in [3.8, 4) is 0 Å². The maximum atomic E-state index is 12.9. The molecule has 0 saturated heterocycles. The molecule has 0 fully saturated rings. The maximum Gasteiger partial charge on any atom is 0.235 e. The van der Waals surface area contributed by atoms with Crippen molar-refractivity contribution in [3.05, 3.63) is 52.9 Å². The van der Waals surface area contributed by atoms with E-state index in [-0.39, 0.29) is 36.4 Å². The summed E-state index contributed by atoms with van der Waals surface area (Å²) >= 11 is 2.63. The van der Waals surface area contributed by atoms with Crippen molar-refractivity contribution in [3.63, 3.8) is 0 Å². The number of benzene rings is 1. The van der Waals surface area contributed by atoms with Gasteiger partial charge >= 0.3 is 0 Å². The number of aromatic nitrogens is 3. The van der Waals surface area contributed by atoms with Crippen molar-refractivity contribution >= 4 is 40.6 Å². The Morgan fingerprint density at radius 2 is 2.00 bits per heavy atom. The SMILES string of the molecule is Cc1nnc(CNC(=O)Cc2csc(SCC(=O)Nc3ccc(F)cc3)n2)o1. The third kappa shape index (κ3) is 6.13. The monoisotopic (exact) mass is 421 g/mol. The smallest absolute Gasteiger partial charge is 0.235 e. The summed E-state index contributed by atoms with van der Waals surface area (Å²) in [7, 11) is 0. The van der Waals surface area contributed by atoms with Crippen molar-refractivity contribution in [2.45, 2.75) is 24.2 Å². The van der Waals surface area contributed by atoms with E-state index in [1.165, 1.54) is 47.4 Å². The van der Waals surface area contributed by atoms with Gasteiger partial charge in [0.1, 0.15) is 5.82 Å². The molecule has 28 heavy (non-hydrogen) atoms. The Bertz CT molecular complexity index is 958. The summed E-state index contributed by atoms with van der Waals surface area (Å²) in [5.41, 5.74) is 1.14. The standard InChI is InChI=1S/C17H16FN5O3S2/c1-10-22-23-16(26-10)7-19-14(24)6-13-8-27-17(21-13)28-9-15(25)20-12-4-2-11(18)3-5-12/h2-5,8H,6-7,9H2,1H3,(H,19,24)(H,20,25). The summed E-state index contributed by atoms with van der Waals surface area (Å²) in [6.45, 7) is 1.84. The molecule has 0 unspecified atom stereocenters. The van der Waals surface area contributed by atoms with Gasteiger partial charge in [-0.05, 0) is 24.3 Å². The molecule has 2 amide bonds. The van der Waals surface area contributed by atoms with Gasteiger partial charge in [-0.1, -0.05) is 11.8 Å². The quantitative estimate of drug-likeness (QED) is 0.538. The highest BCUT2D eigenvalue weighted by atomic mass is 32.2. The van der Waals surface area contributed by atoms with Gasteiger partial charge < -0.3 is 15.1 Å². The lowest BCUT2D eigenvalue weighted by Crippen LogP contribution is -2.24. The Balaban J connectivity index is 1.41. The van der Waals surface area contributed by atoms with Gasteiger partial charge in [0.15, 0.2) is 4.34 Å². The number of anilines is 1. The van der Waals surface area contributed by atoms with Crippen LogP contribution in [0.4, 0.5) is 10.1 Å². The highest BCUT2D eigenvalue weighted by molar-refractivity contribution is 8.01. The zero-order chi connectivity index (χ0) is 19.9. The predicted octanol–water partition coefficient (Wildman–Crippen LogP) is 2.56. The summed E-state index contributed by atoms with van der Waals surface area (Å²) in [6.07, 6.45) is 0.117. The van der Waals surface area contributed by atoms with E-state index < -0.39 is 0 Å². The van der Waals surface area contributed by atoms with E-state index in [1.54, 1.807) is 12.3 Å². The van der Waals surface area contributed by atoms with Crippen LogP contribution < -0.4 is 10.6 Å². The zero-order valence-corrected chi connectivity index (χ0v) is 16.4. The molecule has 2 aromatic heterocycles. The fourth-order valence-corrected chi connectivity index (χ4v) is 3.75. The first-order chi connectivity index (χ1) is 13.5. The van der Waals surface area contributed by atoms with Crippen LogP contribution in [0.15, 0.2) is 38.4 Å². The molecule has 1 aromatic carbocycles. The summed E-state index contributed by atoms with van der Waals surface area (Å²) in [5.74, 6) is 0.139. The Morgan fingerprint density at radius 1 is 1.21 bits per heavy atom. The first-order valence-corrected chi connectivity index (χ1v) is 10.0. The van der Waals surface area contributed by atoms with Gasteiger partial charge in [-0.15, -0.1) is 21.5 Å². The van der Waals surface area contributed by atoms with E-state index in [4.69, 9.17) is 4.42 Å². The molecule has 0 aliphatic rings. The van der Waals surface area contributed by atoms with Gasteiger partial charge in [0.25, 0.3) is 0 Å². The predicted molar refractivity (Wildman–Crippen MR) is 102 cm³/mol. The van der Waals surface area contributed by atoms with Gasteiger partial charge in [0, 0.05) is 18.0 Å². The van der Waals surface area contributed by atoms with Crippen molar-refractivity contribution in [1.29, 1.82) is 0 Å². The van der Waals surface area contributed by atoms with Crippen LogP contribution in [-0.4, -0.2) is 32.7 Å². The number of nitrogens with one attached hydrogen (secondary N) is 2. The van der Waals surface area contributed by atoms with E-state index in [9.17, 15) is 14.0 Å². The fourth-order valence-electron chi connectivity index (χ4n) is 2.10. The second-order valence-corrected chi connectivity index (χ2v) is 7.70. The van der Waals surface area contributed by atoms with Crippen LogP contribution in [0.2, 0.25) is 0 Å². The molecule has 0 radical (unpaired) electrons. The Kier molecular flexibility index (Phi) is 6.71. The van der Waals surface area contributed by atoms with Crippen LogP contribution >= 0.6 is 23.1 Å². The Labute approximate surface area is 168 Å². The van der Waals surface area contributed by atoms with Crippen molar-refractivity contribution in [2.75, 3.05) is 11.1 Å². The highest BCUT2D eigenvalue weighted by Gasteiger charge is 2.11. The lowest BCUT2D eigenvalue weighted by atomic mass is 10.3. The molecule has 146 valence electrons. The number of rotatable bonds is 8. The minimum atomic E-state index is -0.362. The van der Waals surface area contributed by atoms with Crippen LogP contribution in [0, 0.1) is 12.7 Å². The summed E-state index contributed by atoms with van der Waals surface area (Å²) in [6, 6.07) is 5.54. The fraction of sp³-hybridized carbons (Fsp3) is 0.235. The number of hydrogen-bond donors (Lipinski definition) is 2. The molecular weight excluding hydrogens is 405 g/mol. The third-order valence-corrected chi connectivity index (χ3v) is 5.40. The second-order valence-electron chi connectivity index (χ2n) is 5.62. The lowest BCUT2D eigenvalue weighted by Gasteiger charge is -2.03. The number of hydrogen-bond acceptors (Lipinski definition) is 8. The van der Waals surface area contributed by atoms with Crippen LogP contribution in [0.1, 0.15) is 17.5 Å². The molecule has 0 atom stereocenters. The van der Waals surface area contributed by atoms with Crippen molar-refractivity contribution < 1.29 is 18.4 Å². The van der Waals surface area contributed by atoms with Crippen molar-refractivity contribution in [2.24, 2.45) is 0 Å². The minimum Gasteiger partial charge on any atom is -0.424 e. The molecule has 2 N–H and O–H groups in total. The van der Waals surface area contributed by atoms with Crippen LogP contribution in [0.3, 0.4) is 0 Å². The maximum absolute atomic E-state index is 12.9. The van der Waals surface area contributed by atoms with E-state index in [0.717, 1.165) is 0 Å². The van der Waals surface area contributed by atoms with E-state index in [1.807, 2.05) is 0 Å². The average Bonchev–Trinajstić information content (AvgIpc) is 3.29. The first-order valence-electron chi connectivity index (χ1n) is 8.16.